The van der Waals surface area contributed by atoms with Gasteiger partial charge in [0.1, 0.15) is 0 Å². The van der Waals surface area contributed by atoms with Crippen LogP contribution in [0.25, 0.3) is 0 Å². The van der Waals surface area contributed by atoms with Crippen molar-refractivity contribution in [2.45, 2.75) is 48.5 Å². The second-order valence-corrected chi connectivity index (χ2v) is 3.89. The van der Waals surface area contributed by atoms with Crippen molar-refractivity contribution in [3.05, 3.63) is 22.4 Å². The number of rotatable bonds is 2. The van der Waals surface area contributed by atoms with Crippen molar-refractivity contribution < 1.29 is 0 Å². The van der Waals surface area contributed by atoms with Gasteiger partial charge in [0, 0.05) is 11.4 Å². The summed E-state index contributed by atoms with van der Waals surface area (Å²) in [4.78, 5) is 4.44. The highest BCUT2D eigenvalue weighted by molar-refractivity contribution is 5.80. The van der Waals surface area contributed by atoms with Crippen molar-refractivity contribution in [3.8, 4) is 0 Å². The van der Waals surface area contributed by atoms with E-state index in [9.17, 15) is 0 Å². The maximum atomic E-state index is 4.44. The van der Waals surface area contributed by atoms with Crippen LogP contribution in [0.2, 0.25) is 0 Å². The normalized spacial score (nSPS) is 11.9. The first-order chi connectivity index (χ1) is 5.86. The van der Waals surface area contributed by atoms with E-state index in [0.717, 1.165) is 11.4 Å². The number of allylic oxidation sites excluding steroid dienone is 4. The minimum absolute atomic E-state index is 1.11. The Labute approximate surface area is 82.3 Å². The van der Waals surface area contributed by atoms with Gasteiger partial charge in [0.25, 0.3) is 0 Å². The first-order valence-corrected chi connectivity index (χ1v) is 4.70. The lowest BCUT2D eigenvalue weighted by molar-refractivity contribution is 1.14. The fraction of sp³-hybridized carbons (Fsp3) is 0.583. The molecule has 0 unspecified atom stereocenters. The van der Waals surface area contributed by atoms with E-state index < -0.39 is 0 Å². The molecule has 0 atom stereocenters. The molecule has 0 bridgehead atoms. The van der Waals surface area contributed by atoms with Crippen LogP contribution in [0.1, 0.15) is 48.5 Å². The van der Waals surface area contributed by atoms with Gasteiger partial charge in [-0.15, -0.1) is 0 Å². The average molecular weight is 179 g/mol. The zero-order valence-electron chi connectivity index (χ0n) is 9.95. The second-order valence-electron chi connectivity index (χ2n) is 3.89. The van der Waals surface area contributed by atoms with E-state index >= 15 is 0 Å². The molecule has 0 aromatic carbocycles. The fourth-order valence-electron chi connectivity index (χ4n) is 1.07. The SMILES string of the molecule is CC(C)=N/C(C)=C(\C)C(C)=C(C)C. The molecule has 0 aromatic heterocycles. The third-order valence-electron chi connectivity index (χ3n) is 2.25. The van der Waals surface area contributed by atoms with Gasteiger partial charge in [0.15, 0.2) is 0 Å². The first-order valence-electron chi connectivity index (χ1n) is 4.70. The summed E-state index contributed by atoms with van der Waals surface area (Å²) in [7, 11) is 0. The number of aliphatic imine (C=N–C) groups is 1. The van der Waals surface area contributed by atoms with Crippen LogP contribution in [-0.4, -0.2) is 5.71 Å². The molecule has 0 saturated carbocycles. The summed E-state index contributed by atoms with van der Waals surface area (Å²) >= 11 is 0. The van der Waals surface area contributed by atoms with Gasteiger partial charge in [0.2, 0.25) is 0 Å². The molecule has 0 heterocycles. The predicted molar refractivity (Wildman–Crippen MR) is 61.2 cm³/mol. The molecule has 0 amide bonds. The fourth-order valence-corrected chi connectivity index (χ4v) is 1.07. The topological polar surface area (TPSA) is 12.4 Å². The molecule has 0 aliphatic rings. The summed E-state index contributed by atoms with van der Waals surface area (Å²) < 4.78 is 0. The Hall–Kier alpha value is -0.850. The predicted octanol–water partition coefficient (Wildman–Crippen LogP) is 4.12. The first kappa shape index (κ1) is 12.2. The Bertz CT molecular complexity index is 269. The molecule has 0 aliphatic heterocycles. The summed E-state index contributed by atoms with van der Waals surface area (Å²) in [6.45, 7) is 14.7. The van der Waals surface area contributed by atoms with Crippen molar-refractivity contribution in [1.82, 2.24) is 0 Å². The molecular formula is C12H21N. The van der Waals surface area contributed by atoms with Crippen molar-refractivity contribution in [2.75, 3.05) is 0 Å². The third kappa shape index (κ3) is 4.07. The van der Waals surface area contributed by atoms with Crippen LogP contribution in [0.3, 0.4) is 0 Å². The molecule has 0 saturated heterocycles. The number of hydrogen-bond donors (Lipinski definition) is 0. The summed E-state index contributed by atoms with van der Waals surface area (Å²) in [5.74, 6) is 0. The smallest absolute Gasteiger partial charge is 0.0403 e. The lowest BCUT2D eigenvalue weighted by Gasteiger charge is -2.06. The Morgan fingerprint density at radius 3 is 1.46 bits per heavy atom. The molecular weight excluding hydrogens is 158 g/mol. The minimum atomic E-state index is 1.11. The van der Waals surface area contributed by atoms with E-state index in [0.29, 0.717) is 0 Å². The Kier molecular flexibility index (Phi) is 4.68. The van der Waals surface area contributed by atoms with E-state index in [1.54, 1.807) is 0 Å². The van der Waals surface area contributed by atoms with Crippen LogP contribution >= 0.6 is 0 Å². The van der Waals surface area contributed by atoms with Crippen LogP contribution in [0, 0.1) is 0 Å². The average Bonchev–Trinajstić information content (AvgIpc) is 2.00. The maximum absolute atomic E-state index is 4.44. The zero-order valence-corrected chi connectivity index (χ0v) is 9.95. The summed E-state index contributed by atoms with van der Waals surface area (Å²) in [6, 6.07) is 0. The van der Waals surface area contributed by atoms with Gasteiger partial charge < -0.3 is 0 Å². The second kappa shape index (κ2) is 5.00. The molecule has 0 N–H and O–H groups in total. The molecule has 0 radical (unpaired) electrons. The molecule has 0 aromatic rings. The standard InChI is InChI=1S/C12H21N/c1-8(2)10(5)11(6)12(7)13-9(3)4/h1-7H3/b12-11+. The van der Waals surface area contributed by atoms with Crippen LogP contribution < -0.4 is 0 Å². The number of hydrogen-bond acceptors (Lipinski definition) is 1. The molecule has 13 heavy (non-hydrogen) atoms. The molecule has 0 spiro atoms. The third-order valence-corrected chi connectivity index (χ3v) is 2.25. The van der Waals surface area contributed by atoms with Crippen molar-refractivity contribution >= 4 is 5.71 Å². The molecule has 0 rings (SSSR count). The van der Waals surface area contributed by atoms with Gasteiger partial charge in [-0.25, -0.2) is 0 Å². The van der Waals surface area contributed by atoms with Crippen molar-refractivity contribution in [3.63, 3.8) is 0 Å². The zero-order chi connectivity index (χ0) is 10.6. The van der Waals surface area contributed by atoms with Gasteiger partial charge in [-0.3, -0.25) is 4.99 Å². The highest BCUT2D eigenvalue weighted by Gasteiger charge is 1.99. The van der Waals surface area contributed by atoms with Gasteiger partial charge in [-0.1, -0.05) is 5.57 Å². The van der Waals surface area contributed by atoms with E-state index in [1.165, 1.54) is 16.7 Å². The Balaban J connectivity index is 5.06. The van der Waals surface area contributed by atoms with E-state index in [1.807, 2.05) is 13.8 Å². The largest absolute Gasteiger partial charge is 0.263 e. The lowest BCUT2D eigenvalue weighted by Crippen LogP contribution is -1.89. The van der Waals surface area contributed by atoms with E-state index in [-0.39, 0.29) is 0 Å². The molecule has 1 nitrogen and oxygen atoms in total. The Morgan fingerprint density at radius 2 is 1.15 bits per heavy atom. The van der Waals surface area contributed by atoms with E-state index in [4.69, 9.17) is 0 Å². The van der Waals surface area contributed by atoms with E-state index in [2.05, 4.69) is 39.6 Å². The highest BCUT2D eigenvalue weighted by atomic mass is 14.7. The molecule has 74 valence electrons. The maximum Gasteiger partial charge on any atom is 0.0403 e. The summed E-state index contributed by atoms with van der Waals surface area (Å²) in [6.07, 6.45) is 0. The Morgan fingerprint density at radius 1 is 0.692 bits per heavy atom. The highest BCUT2D eigenvalue weighted by Crippen LogP contribution is 2.17. The quantitative estimate of drug-likeness (QED) is 0.446. The molecule has 1 heteroatoms. The van der Waals surface area contributed by atoms with Gasteiger partial charge in [0.05, 0.1) is 0 Å². The number of nitrogens with zero attached hydrogens (tertiary/aromatic N) is 1. The van der Waals surface area contributed by atoms with Gasteiger partial charge in [-0.2, -0.15) is 0 Å². The molecule has 0 fully saturated rings. The van der Waals surface area contributed by atoms with Crippen LogP contribution in [0.4, 0.5) is 0 Å². The lowest BCUT2D eigenvalue weighted by atomic mass is 10.0. The van der Waals surface area contributed by atoms with Crippen LogP contribution in [0.15, 0.2) is 27.4 Å². The molecule has 0 aliphatic carbocycles. The summed E-state index contributed by atoms with van der Waals surface area (Å²) in [5, 5.41) is 0. The van der Waals surface area contributed by atoms with Crippen molar-refractivity contribution in [1.29, 1.82) is 0 Å². The summed E-state index contributed by atoms with van der Waals surface area (Å²) in [5.41, 5.74) is 6.24. The van der Waals surface area contributed by atoms with Gasteiger partial charge in [-0.05, 0) is 59.6 Å². The van der Waals surface area contributed by atoms with Crippen molar-refractivity contribution in [2.24, 2.45) is 4.99 Å². The minimum Gasteiger partial charge on any atom is -0.263 e. The van der Waals surface area contributed by atoms with Gasteiger partial charge >= 0.3 is 0 Å². The van der Waals surface area contributed by atoms with Crippen LogP contribution in [0.5, 0.6) is 0 Å². The van der Waals surface area contributed by atoms with Crippen LogP contribution in [-0.2, 0) is 0 Å². The monoisotopic (exact) mass is 179 g/mol.